The van der Waals surface area contributed by atoms with E-state index < -0.39 is 5.41 Å². The molecule has 372 valence electrons. The largest absolute Gasteiger partial charge is 0.310 e. The van der Waals surface area contributed by atoms with Crippen molar-refractivity contribution in [1.82, 2.24) is 0 Å². The van der Waals surface area contributed by atoms with Crippen LogP contribution < -0.4 is 9.80 Å². The predicted octanol–water partition coefficient (Wildman–Crippen LogP) is 20.7. The average molecular weight is 991 g/mol. The SMILES string of the molecule is CCCC1=C(c2ccccc2C)C2(c3ccccc3-c3ccc(N(c4ccccc4)c4ccc(-c5ccccc5)cc4)cc32)c2c1cccc2N(c1ccc(C2=CCCC(C)C=C2)cc1)c1ccc(-c2ccccc2)cc1. The molecule has 13 rings (SSSR count). The first-order valence-electron chi connectivity index (χ1n) is 27.6. The van der Waals surface area contributed by atoms with Crippen LogP contribution in [0.2, 0.25) is 0 Å². The molecule has 0 aliphatic heterocycles. The molecular weight excluding hydrogens is 929 g/mol. The second-order valence-electron chi connectivity index (χ2n) is 21.1. The number of aryl methyl sites for hydroxylation is 1. The Kier molecular flexibility index (Phi) is 12.6. The van der Waals surface area contributed by atoms with Crippen molar-refractivity contribution in [2.45, 2.75) is 51.9 Å². The lowest BCUT2D eigenvalue weighted by molar-refractivity contribution is 0.662. The summed E-state index contributed by atoms with van der Waals surface area (Å²) in [7, 11) is 0. The zero-order valence-electron chi connectivity index (χ0n) is 44.2. The molecule has 2 nitrogen and oxygen atoms in total. The zero-order chi connectivity index (χ0) is 51.9. The smallest absolute Gasteiger partial charge is 0.0749 e. The highest BCUT2D eigenvalue weighted by Gasteiger charge is 2.55. The van der Waals surface area contributed by atoms with Gasteiger partial charge in [0.05, 0.1) is 11.1 Å². The van der Waals surface area contributed by atoms with Gasteiger partial charge in [-0.3, -0.25) is 0 Å². The first-order valence-corrected chi connectivity index (χ1v) is 27.6. The van der Waals surface area contributed by atoms with Crippen molar-refractivity contribution < 1.29 is 0 Å². The highest BCUT2D eigenvalue weighted by Crippen LogP contribution is 2.68. The number of para-hydroxylation sites is 1. The van der Waals surface area contributed by atoms with E-state index in [9.17, 15) is 0 Å². The fraction of sp³-hybridized carbons (Fsp3) is 0.120. The lowest BCUT2D eigenvalue weighted by Crippen LogP contribution is -2.29. The van der Waals surface area contributed by atoms with Crippen LogP contribution in [0.4, 0.5) is 34.1 Å². The van der Waals surface area contributed by atoms with E-state index in [1.54, 1.807) is 0 Å². The number of allylic oxidation sites excluding steroid dienone is 6. The van der Waals surface area contributed by atoms with Gasteiger partial charge >= 0.3 is 0 Å². The lowest BCUT2D eigenvalue weighted by Gasteiger charge is -2.38. The molecule has 10 aromatic carbocycles. The normalized spacial score (nSPS) is 16.1. The van der Waals surface area contributed by atoms with Gasteiger partial charge in [0.1, 0.15) is 0 Å². The third kappa shape index (κ3) is 8.37. The van der Waals surface area contributed by atoms with Crippen molar-refractivity contribution in [3.8, 4) is 33.4 Å². The van der Waals surface area contributed by atoms with Crippen molar-refractivity contribution in [2.75, 3.05) is 9.80 Å². The van der Waals surface area contributed by atoms with Gasteiger partial charge in [0.2, 0.25) is 0 Å². The summed E-state index contributed by atoms with van der Waals surface area (Å²) < 4.78 is 0. The molecule has 0 amide bonds. The van der Waals surface area contributed by atoms with Gasteiger partial charge in [-0.1, -0.05) is 220 Å². The van der Waals surface area contributed by atoms with E-state index in [4.69, 9.17) is 0 Å². The van der Waals surface area contributed by atoms with Gasteiger partial charge in [0, 0.05) is 34.0 Å². The summed E-state index contributed by atoms with van der Waals surface area (Å²) in [6, 6.07) is 92.9. The van der Waals surface area contributed by atoms with Crippen LogP contribution in [-0.2, 0) is 5.41 Å². The van der Waals surface area contributed by atoms with E-state index in [1.807, 2.05) is 0 Å². The predicted molar refractivity (Wildman–Crippen MR) is 327 cm³/mol. The summed E-state index contributed by atoms with van der Waals surface area (Å²) in [5.74, 6) is 0.565. The topological polar surface area (TPSA) is 6.48 Å². The van der Waals surface area contributed by atoms with Gasteiger partial charge in [-0.05, 0) is 182 Å². The highest BCUT2D eigenvalue weighted by atomic mass is 15.2. The number of fused-ring (bicyclic) bond motifs is 7. The van der Waals surface area contributed by atoms with Crippen molar-refractivity contribution in [3.63, 3.8) is 0 Å². The van der Waals surface area contributed by atoms with Crippen LogP contribution >= 0.6 is 0 Å². The summed E-state index contributed by atoms with van der Waals surface area (Å²) >= 11 is 0. The van der Waals surface area contributed by atoms with Crippen molar-refractivity contribution in [2.24, 2.45) is 5.92 Å². The van der Waals surface area contributed by atoms with Gasteiger partial charge < -0.3 is 9.80 Å². The summed E-state index contributed by atoms with van der Waals surface area (Å²) in [6.45, 7) is 6.97. The molecule has 77 heavy (non-hydrogen) atoms. The fourth-order valence-corrected chi connectivity index (χ4v) is 12.8. The molecule has 0 bridgehead atoms. The summed E-state index contributed by atoms with van der Waals surface area (Å²) in [5.41, 5.74) is 26.5. The Bertz CT molecular complexity index is 3870. The number of hydrogen-bond donors (Lipinski definition) is 0. The van der Waals surface area contributed by atoms with Gasteiger partial charge in [-0.15, -0.1) is 0 Å². The molecule has 2 heteroatoms. The number of anilines is 6. The molecule has 0 fully saturated rings. The Morgan fingerprint density at radius 1 is 0.442 bits per heavy atom. The Morgan fingerprint density at radius 3 is 1.58 bits per heavy atom. The van der Waals surface area contributed by atoms with E-state index in [-0.39, 0.29) is 0 Å². The van der Waals surface area contributed by atoms with Crippen LogP contribution in [0.5, 0.6) is 0 Å². The fourth-order valence-electron chi connectivity index (χ4n) is 12.8. The van der Waals surface area contributed by atoms with Crippen LogP contribution in [0.25, 0.3) is 50.1 Å². The van der Waals surface area contributed by atoms with Crippen LogP contribution in [0.1, 0.15) is 78.5 Å². The molecule has 1 spiro atoms. The van der Waals surface area contributed by atoms with E-state index >= 15 is 0 Å². The van der Waals surface area contributed by atoms with E-state index in [0.717, 1.165) is 47.7 Å². The Balaban J connectivity index is 1.08. The number of hydrogen-bond acceptors (Lipinski definition) is 2. The third-order valence-electron chi connectivity index (χ3n) is 16.4. The molecule has 0 heterocycles. The quantitative estimate of drug-likeness (QED) is 0.120. The van der Waals surface area contributed by atoms with E-state index in [0.29, 0.717) is 5.92 Å². The number of rotatable bonds is 12. The molecule has 10 aromatic rings. The molecule has 3 aliphatic rings. The van der Waals surface area contributed by atoms with Gasteiger partial charge in [0.15, 0.2) is 0 Å². The molecule has 0 radical (unpaired) electrons. The molecule has 2 atom stereocenters. The molecule has 0 N–H and O–H groups in total. The van der Waals surface area contributed by atoms with Crippen LogP contribution in [-0.4, -0.2) is 0 Å². The average Bonchev–Trinajstić information content (AvgIpc) is 4.08. The van der Waals surface area contributed by atoms with Crippen LogP contribution in [0, 0.1) is 12.8 Å². The number of nitrogens with zero attached hydrogens (tertiary/aromatic N) is 2. The first-order chi connectivity index (χ1) is 38.0. The van der Waals surface area contributed by atoms with Gasteiger partial charge in [0.25, 0.3) is 0 Å². The Hall–Kier alpha value is -8.98. The zero-order valence-corrected chi connectivity index (χ0v) is 44.2. The highest BCUT2D eigenvalue weighted by molar-refractivity contribution is 6.12. The van der Waals surface area contributed by atoms with E-state index in [2.05, 4.69) is 298 Å². The minimum absolute atomic E-state index is 0.565. The number of benzene rings is 10. The maximum atomic E-state index is 2.55. The van der Waals surface area contributed by atoms with Gasteiger partial charge in [-0.2, -0.15) is 0 Å². The maximum Gasteiger partial charge on any atom is 0.0749 e. The monoisotopic (exact) mass is 990 g/mol. The standard InChI is InChI=1S/C75H62N2/c1-4-20-68-69-32-19-34-72(77(62-45-39-58(40-46-62)55-25-10-6-11-26-55)63-47-41-59(42-48-63)56-27-18-21-52(2)35-36-56)74(69)75(73(68)65-30-15-14-22-53(65)3)70-33-17-16-31-66(70)67-50-49-64(51-71(67)75)76(60-28-12-7-13-29-60)61-43-37-57(38-44-61)54-23-8-5-9-24-54/h5-17,19,22-52H,4,18,20-21H2,1-3H3. The molecular formula is C75H62N2. The lowest BCUT2D eigenvalue weighted by atomic mass is 9.66. The van der Waals surface area contributed by atoms with Crippen LogP contribution in [0.15, 0.2) is 267 Å². The molecule has 2 unspecified atom stereocenters. The summed E-state index contributed by atoms with van der Waals surface area (Å²) in [4.78, 5) is 5.00. The minimum atomic E-state index is -0.710. The van der Waals surface area contributed by atoms with Crippen molar-refractivity contribution >= 4 is 50.8 Å². The second kappa shape index (κ2) is 20.3. The van der Waals surface area contributed by atoms with Crippen LogP contribution in [0.3, 0.4) is 0 Å². The Morgan fingerprint density at radius 2 is 0.948 bits per heavy atom. The third-order valence-corrected chi connectivity index (χ3v) is 16.4. The molecule has 3 aliphatic carbocycles. The second-order valence-corrected chi connectivity index (χ2v) is 21.1. The summed E-state index contributed by atoms with van der Waals surface area (Å²) in [6.07, 6.45) is 11.3. The minimum Gasteiger partial charge on any atom is -0.310 e. The maximum absolute atomic E-state index is 2.55. The first kappa shape index (κ1) is 47.7. The molecule has 0 saturated heterocycles. The summed E-state index contributed by atoms with van der Waals surface area (Å²) in [5, 5.41) is 0. The Labute approximate surface area is 455 Å². The molecule has 0 saturated carbocycles. The van der Waals surface area contributed by atoms with Gasteiger partial charge in [-0.25, -0.2) is 0 Å². The van der Waals surface area contributed by atoms with Crippen molar-refractivity contribution in [3.05, 3.63) is 306 Å². The van der Waals surface area contributed by atoms with Crippen molar-refractivity contribution in [1.29, 1.82) is 0 Å². The van der Waals surface area contributed by atoms with E-state index in [1.165, 1.54) is 101 Å². The molecule has 0 aromatic heterocycles.